The fourth-order valence-electron chi connectivity index (χ4n) is 3.11. The van der Waals surface area contributed by atoms with Crippen LogP contribution in [0.3, 0.4) is 0 Å². The molecule has 0 saturated carbocycles. The maximum absolute atomic E-state index is 12.7. The lowest BCUT2D eigenvalue weighted by molar-refractivity contribution is 0.102. The molecule has 2 aromatic rings. The van der Waals surface area contributed by atoms with E-state index in [2.05, 4.69) is 27.1 Å². The zero-order chi connectivity index (χ0) is 18.5. The summed E-state index contributed by atoms with van der Waals surface area (Å²) in [5.41, 5.74) is 1.02. The van der Waals surface area contributed by atoms with E-state index in [9.17, 15) is 4.79 Å². The summed E-state index contributed by atoms with van der Waals surface area (Å²) in [7, 11) is 0. The first kappa shape index (κ1) is 18.2. The molecule has 0 bridgehead atoms. The van der Waals surface area contributed by atoms with Gasteiger partial charge in [0.1, 0.15) is 23.1 Å². The Morgan fingerprint density at radius 2 is 2.00 bits per heavy atom. The first-order valence-corrected chi connectivity index (χ1v) is 9.20. The molecule has 0 atom stereocenters. The van der Waals surface area contributed by atoms with Gasteiger partial charge in [-0.05, 0) is 44.7 Å². The number of piperidine rings is 1. The summed E-state index contributed by atoms with van der Waals surface area (Å²) in [6.45, 7) is 8.48. The van der Waals surface area contributed by atoms with Gasteiger partial charge >= 0.3 is 0 Å². The molecule has 26 heavy (non-hydrogen) atoms. The number of aryl methyl sites for hydroxylation is 1. The van der Waals surface area contributed by atoms with Gasteiger partial charge in [0.25, 0.3) is 5.91 Å². The maximum Gasteiger partial charge on any atom is 0.274 e. The van der Waals surface area contributed by atoms with Crippen LogP contribution in [-0.2, 0) is 0 Å². The number of anilines is 2. The van der Waals surface area contributed by atoms with Gasteiger partial charge in [0.15, 0.2) is 0 Å². The molecule has 0 aliphatic carbocycles. The third-order valence-electron chi connectivity index (χ3n) is 4.60. The van der Waals surface area contributed by atoms with Crippen LogP contribution in [0, 0.1) is 12.8 Å². The summed E-state index contributed by atoms with van der Waals surface area (Å²) in [4.78, 5) is 23.8. The van der Waals surface area contributed by atoms with Crippen LogP contribution in [0.15, 0.2) is 30.3 Å². The van der Waals surface area contributed by atoms with E-state index in [1.165, 1.54) is 0 Å². The van der Waals surface area contributed by atoms with Crippen molar-refractivity contribution >= 4 is 17.4 Å². The van der Waals surface area contributed by atoms with Crippen molar-refractivity contribution in [3.05, 3.63) is 41.9 Å². The molecule has 0 unspecified atom stereocenters. The Hall–Kier alpha value is -2.63. The summed E-state index contributed by atoms with van der Waals surface area (Å²) in [5, 5.41) is 2.90. The fourth-order valence-corrected chi connectivity index (χ4v) is 3.11. The summed E-state index contributed by atoms with van der Waals surface area (Å²) >= 11 is 0. The van der Waals surface area contributed by atoms with E-state index >= 15 is 0 Å². The number of ether oxygens (including phenoxy) is 1. The molecule has 0 spiro atoms. The largest absolute Gasteiger partial charge is 0.492 e. The van der Waals surface area contributed by atoms with Gasteiger partial charge in [-0.1, -0.05) is 19.1 Å². The minimum atomic E-state index is -0.255. The molecule has 1 fully saturated rings. The van der Waals surface area contributed by atoms with Crippen LogP contribution in [0.1, 0.15) is 43.0 Å². The molecule has 1 N–H and O–H groups in total. The van der Waals surface area contributed by atoms with E-state index in [-0.39, 0.29) is 5.91 Å². The number of aromatic nitrogens is 2. The Bertz CT molecular complexity index is 770. The average molecular weight is 354 g/mol. The molecule has 1 aromatic carbocycles. The lowest BCUT2D eigenvalue weighted by Gasteiger charge is -2.31. The Morgan fingerprint density at radius 3 is 2.73 bits per heavy atom. The van der Waals surface area contributed by atoms with Crippen molar-refractivity contribution in [2.75, 3.05) is 29.9 Å². The standard InChI is InChI=1S/C20H26N4O2/c1-4-26-18-8-6-5-7-16(18)23-20(25)17-13-19(22-15(3)21-17)24-11-9-14(2)10-12-24/h5-8,13-14H,4,9-12H2,1-3H3,(H,23,25). The van der Waals surface area contributed by atoms with Gasteiger partial charge in [-0.15, -0.1) is 0 Å². The van der Waals surface area contributed by atoms with E-state index in [1.54, 1.807) is 6.07 Å². The second-order valence-electron chi connectivity index (χ2n) is 6.71. The van der Waals surface area contributed by atoms with E-state index < -0.39 is 0 Å². The number of amides is 1. The van der Waals surface area contributed by atoms with Crippen LogP contribution >= 0.6 is 0 Å². The van der Waals surface area contributed by atoms with Crippen LogP contribution in [0.4, 0.5) is 11.5 Å². The molecule has 2 heterocycles. The zero-order valence-corrected chi connectivity index (χ0v) is 15.7. The van der Waals surface area contributed by atoms with Crippen molar-refractivity contribution in [2.24, 2.45) is 5.92 Å². The first-order chi connectivity index (χ1) is 12.6. The van der Waals surface area contributed by atoms with E-state index in [0.717, 1.165) is 37.7 Å². The van der Waals surface area contributed by atoms with Crippen molar-refractivity contribution in [3.8, 4) is 5.75 Å². The molecule has 6 heteroatoms. The van der Waals surface area contributed by atoms with Crippen LogP contribution < -0.4 is 15.0 Å². The highest BCUT2D eigenvalue weighted by Crippen LogP contribution is 2.25. The Morgan fingerprint density at radius 1 is 1.27 bits per heavy atom. The second-order valence-corrected chi connectivity index (χ2v) is 6.71. The number of para-hydroxylation sites is 2. The number of nitrogens with one attached hydrogen (secondary N) is 1. The molecule has 1 aromatic heterocycles. The van der Waals surface area contributed by atoms with Crippen LogP contribution in [0.25, 0.3) is 0 Å². The van der Waals surface area contributed by atoms with Crippen molar-refractivity contribution in [1.29, 1.82) is 0 Å². The summed E-state index contributed by atoms with van der Waals surface area (Å²) in [6, 6.07) is 9.19. The number of rotatable bonds is 5. The minimum absolute atomic E-state index is 0.255. The van der Waals surface area contributed by atoms with Gasteiger partial charge in [-0.3, -0.25) is 4.79 Å². The van der Waals surface area contributed by atoms with E-state index in [4.69, 9.17) is 4.74 Å². The lowest BCUT2D eigenvalue weighted by Crippen LogP contribution is -2.34. The monoisotopic (exact) mass is 354 g/mol. The Balaban J connectivity index is 1.79. The minimum Gasteiger partial charge on any atom is -0.492 e. The van der Waals surface area contributed by atoms with Gasteiger partial charge in [0, 0.05) is 19.2 Å². The molecular weight excluding hydrogens is 328 g/mol. The number of nitrogens with zero attached hydrogens (tertiary/aromatic N) is 3. The predicted octanol–water partition coefficient (Wildman–Crippen LogP) is 3.67. The molecule has 1 saturated heterocycles. The normalized spacial score (nSPS) is 15.0. The third-order valence-corrected chi connectivity index (χ3v) is 4.60. The van der Waals surface area contributed by atoms with Gasteiger partial charge in [0.2, 0.25) is 0 Å². The van der Waals surface area contributed by atoms with Crippen LogP contribution in [-0.4, -0.2) is 35.6 Å². The smallest absolute Gasteiger partial charge is 0.274 e. The Labute approximate surface area is 154 Å². The number of hydrogen-bond acceptors (Lipinski definition) is 5. The molecular formula is C20H26N4O2. The number of carbonyl (C=O) groups is 1. The van der Waals surface area contributed by atoms with Crippen molar-refractivity contribution in [2.45, 2.75) is 33.6 Å². The zero-order valence-electron chi connectivity index (χ0n) is 15.7. The third kappa shape index (κ3) is 4.31. The second kappa shape index (κ2) is 8.17. The average Bonchev–Trinajstić information content (AvgIpc) is 2.63. The maximum atomic E-state index is 12.7. The fraction of sp³-hybridized carbons (Fsp3) is 0.450. The Kier molecular flexibility index (Phi) is 5.71. The van der Waals surface area contributed by atoms with Gasteiger partial charge in [-0.2, -0.15) is 0 Å². The number of carbonyl (C=O) groups excluding carboxylic acids is 1. The highest BCUT2D eigenvalue weighted by atomic mass is 16.5. The highest BCUT2D eigenvalue weighted by molar-refractivity contribution is 6.04. The van der Waals surface area contributed by atoms with Crippen molar-refractivity contribution in [3.63, 3.8) is 0 Å². The summed E-state index contributed by atoms with van der Waals surface area (Å²) < 4.78 is 5.57. The summed E-state index contributed by atoms with van der Waals surface area (Å²) in [6.07, 6.45) is 2.29. The van der Waals surface area contributed by atoms with Gasteiger partial charge < -0.3 is 15.0 Å². The quantitative estimate of drug-likeness (QED) is 0.887. The van der Waals surface area contributed by atoms with Crippen LogP contribution in [0.5, 0.6) is 5.75 Å². The number of benzene rings is 1. The molecule has 6 nitrogen and oxygen atoms in total. The van der Waals surface area contributed by atoms with Gasteiger partial charge in [0.05, 0.1) is 12.3 Å². The molecule has 0 radical (unpaired) electrons. The molecule has 1 aliphatic heterocycles. The van der Waals surface area contributed by atoms with Crippen molar-refractivity contribution < 1.29 is 9.53 Å². The molecule has 138 valence electrons. The molecule has 3 rings (SSSR count). The predicted molar refractivity (Wildman–Crippen MR) is 103 cm³/mol. The number of hydrogen-bond donors (Lipinski definition) is 1. The molecule has 1 amide bonds. The van der Waals surface area contributed by atoms with E-state index in [0.29, 0.717) is 29.6 Å². The molecule has 1 aliphatic rings. The van der Waals surface area contributed by atoms with Crippen LogP contribution in [0.2, 0.25) is 0 Å². The topological polar surface area (TPSA) is 67.3 Å². The lowest BCUT2D eigenvalue weighted by atomic mass is 9.99. The summed E-state index contributed by atoms with van der Waals surface area (Å²) in [5.74, 6) is 2.57. The first-order valence-electron chi connectivity index (χ1n) is 9.20. The van der Waals surface area contributed by atoms with E-state index in [1.807, 2.05) is 38.1 Å². The van der Waals surface area contributed by atoms with Crippen molar-refractivity contribution in [1.82, 2.24) is 9.97 Å². The SMILES string of the molecule is CCOc1ccccc1NC(=O)c1cc(N2CCC(C)CC2)nc(C)n1. The van der Waals surface area contributed by atoms with Gasteiger partial charge in [-0.25, -0.2) is 9.97 Å². The highest BCUT2D eigenvalue weighted by Gasteiger charge is 2.20.